The highest BCUT2D eigenvalue weighted by Crippen LogP contribution is 2.21. The molecule has 2 N–H and O–H groups in total. The molecule has 1 amide bonds. The molecule has 0 saturated heterocycles. The Kier molecular flexibility index (Phi) is 4.93. The van der Waals surface area contributed by atoms with E-state index in [9.17, 15) is 4.79 Å². The van der Waals surface area contributed by atoms with Gasteiger partial charge in [0.2, 0.25) is 5.91 Å². The van der Waals surface area contributed by atoms with Crippen LogP contribution >= 0.6 is 0 Å². The summed E-state index contributed by atoms with van der Waals surface area (Å²) in [5, 5.41) is 6.25. The number of hydrogen-bond donors (Lipinski definition) is 2. The van der Waals surface area contributed by atoms with Gasteiger partial charge in [0.25, 0.3) is 0 Å². The van der Waals surface area contributed by atoms with Crippen LogP contribution in [0.3, 0.4) is 0 Å². The van der Waals surface area contributed by atoms with Gasteiger partial charge in [-0.25, -0.2) is 0 Å². The summed E-state index contributed by atoms with van der Waals surface area (Å²) in [6, 6.07) is 8.67. The van der Waals surface area contributed by atoms with Crippen molar-refractivity contribution in [3.63, 3.8) is 0 Å². The second-order valence-corrected chi connectivity index (χ2v) is 5.05. The van der Waals surface area contributed by atoms with Gasteiger partial charge in [0.1, 0.15) is 0 Å². The van der Waals surface area contributed by atoms with Crippen molar-refractivity contribution in [2.24, 2.45) is 0 Å². The molecule has 1 aliphatic carbocycles. The smallest absolute Gasteiger partial charge is 0.236 e. The van der Waals surface area contributed by atoms with Crippen LogP contribution in [0.5, 0.6) is 0 Å². The third-order valence-electron chi connectivity index (χ3n) is 3.54. The van der Waals surface area contributed by atoms with E-state index in [1.807, 2.05) is 6.92 Å². The second-order valence-electron chi connectivity index (χ2n) is 5.05. The van der Waals surface area contributed by atoms with E-state index in [2.05, 4.69) is 34.9 Å². The first-order valence-electron chi connectivity index (χ1n) is 6.80. The second kappa shape index (κ2) is 6.68. The molecule has 0 saturated carbocycles. The van der Waals surface area contributed by atoms with Crippen molar-refractivity contribution in [1.29, 1.82) is 0 Å². The number of amides is 1. The standard InChI is InChI=1S/C15H22N2O2/c1-11(15(18)16-7-8-19-2)17-14-9-12-5-3-4-6-13(12)10-14/h3-6,11,14,17H,7-10H2,1-2H3,(H,16,18). The Labute approximate surface area is 114 Å². The van der Waals surface area contributed by atoms with Gasteiger partial charge < -0.3 is 15.4 Å². The molecule has 1 atom stereocenters. The minimum Gasteiger partial charge on any atom is -0.383 e. The first-order chi connectivity index (χ1) is 9.20. The lowest BCUT2D eigenvalue weighted by Gasteiger charge is -2.18. The summed E-state index contributed by atoms with van der Waals surface area (Å²) >= 11 is 0. The van der Waals surface area contributed by atoms with Crippen LogP contribution in [0.4, 0.5) is 0 Å². The highest BCUT2D eigenvalue weighted by Gasteiger charge is 2.24. The van der Waals surface area contributed by atoms with Crippen LogP contribution in [0.1, 0.15) is 18.1 Å². The van der Waals surface area contributed by atoms with Crippen molar-refractivity contribution in [2.75, 3.05) is 20.3 Å². The average Bonchev–Trinajstić information content (AvgIpc) is 2.80. The number of rotatable bonds is 6. The first-order valence-corrected chi connectivity index (χ1v) is 6.80. The zero-order chi connectivity index (χ0) is 13.7. The molecule has 4 heteroatoms. The van der Waals surface area contributed by atoms with Gasteiger partial charge in [-0.15, -0.1) is 0 Å². The van der Waals surface area contributed by atoms with Crippen LogP contribution in [-0.4, -0.2) is 38.3 Å². The maximum absolute atomic E-state index is 11.8. The van der Waals surface area contributed by atoms with E-state index < -0.39 is 0 Å². The van der Waals surface area contributed by atoms with Gasteiger partial charge in [0.05, 0.1) is 12.6 Å². The van der Waals surface area contributed by atoms with Crippen LogP contribution < -0.4 is 10.6 Å². The Balaban J connectivity index is 1.78. The number of nitrogens with one attached hydrogen (secondary N) is 2. The van der Waals surface area contributed by atoms with Gasteiger partial charge in [-0.3, -0.25) is 4.79 Å². The maximum Gasteiger partial charge on any atom is 0.236 e. The topological polar surface area (TPSA) is 50.4 Å². The van der Waals surface area contributed by atoms with Gasteiger partial charge >= 0.3 is 0 Å². The molecule has 0 aromatic heterocycles. The van der Waals surface area contributed by atoms with E-state index in [0.29, 0.717) is 19.2 Å². The van der Waals surface area contributed by atoms with Crippen molar-refractivity contribution in [2.45, 2.75) is 31.8 Å². The summed E-state index contributed by atoms with van der Waals surface area (Å²) < 4.78 is 4.91. The lowest BCUT2D eigenvalue weighted by atomic mass is 10.1. The Bertz CT molecular complexity index is 409. The SMILES string of the molecule is COCCNC(=O)C(C)NC1Cc2ccccc2C1. The molecular formula is C15H22N2O2. The fourth-order valence-corrected chi connectivity index (χ4v) is 2.54. The highest BCUT2D eigenvalue weighted by atomic mass is 16.5. The molecule has 0 spiro atoms. The van der Waals surface area contributed by atoms with E-state index >= 15 is 0 Å². The van der Waals surface area contributed by atoms with E-state index in [-0.39, 0.29) is 11.9 Å². The predicted octanol–water partition coefficient (Wildman–Crippen LogP) is 0.895. The molecule has 0 radical (unpaired) electrons. The lowest BCUT2D eigenvalue weighted by molar-refractivity contribution is -0.123. The van der Waals surface area contributed by atoms with Gasteiger partial charge in [-0.1, -0.05) is 24.3 Å². The molecule has 19 heavy (non-hydrogen) atoms. The molecule has 2 rings (SSSR count). The Morgan fingerprint density at radius 2 is 2.00 bits per heavy atom. The highest BCUT2D eigenvalue weighted by molar-refractivity contribution is 5.81. The van der Waals surface area contributed by atoms with Crippen LogP contribution in [0.15, 0.2) is 24.3 Å². The van der Waals surface area contributed by atoms with Gasteiger partial charge in [-0.05, 0) is 30.9 Å². The molecule has 0 fully saturated rings. The van der Waals surface area contributed by atoms with Crippen molar-refractivity contribution in [3.05, 3.63) is 35.4 Å². The van der Waals surface area contributed by atoms with Gasteiger partial charge in [0.15, 0.2) is 0 Å². The van der Waals surface area contributed by atoms with E-state index in [0.717, 1.165) is 12.8 Å². The molecule has 0 heterocycles. The van der Waals surface area contributed by atoms with E-state index in [1.165, 1.54) is 11.1 Å². The fraction of sp³-hybridized carbons (Fsp3) is 0.533. The third-order valence-corrected chi connectivity index (χ3v) is 3.54. The molecule has 1 aromatic carbocycles. The zero-order valence-electron chi connectivity index (χ0n) is 11.6. The van der Waals surface area contributed by atoms with Crippen molar-refractivity contribution < 1.29 is 9.53 Å². The quantitative estimate of drug-likeness (QED) is 0.749. The number of benzene rings is 1. The molecule has 1 unspecified atom stereocenters. The summed E-state index contributed by atoms with van der Waals surface area (Å²) in [4.78, 5) is 11.8. The predicted molar refractivity (Wildman–Crippen MR) is 75.1 cm³/mol. The number of fused-ring (bicyclic) bond motifs is 1. The average molecular weight is 262 g/mol. The molecule has 1 aromatic rings. The lowest BCUT2D eigenvalue weighted by Crippen LogP contribution is -2.47. The number of methoxy groups -OCH3 is 1. The number of carbonyl (C=O) groups is 1. The van der Waals surface area contributed by atoms with Crippen LogP contribution in [0, 0.1) is 0 Å². The van der Waals surface area contributed by atoms with Crippen LogP contribution in [0.2, 0.25) is 0 Å². The minimum absolute atomic E-state index is 0.0352. The van der Waals surface area contributed by atoms with Gasteiger partial charge in [0, 0.05) is 19.7 Å². The summed E-state index contributed by atoms with van der Waals surface area (Å²) in [6.07, 6.45) is 2.01. The summed E-state index contributed by atoms with van der Waals surface area (Å²) in [7, 11) is 1.63. The summed E-state index contributed by atoms with van der Waals surface area (Å²) in [5.74, 6) is 0.0352. The third kappa shape index (κ3) is 3.78. The monoisotopic (exact) mass is 262 g/mol. The number of carbonyl (C=O) groups excluding carboxylic acids is 1. The minimum atomic E-state index is -0.170. The van der Waals surface area contributed by atoms with Crippen molar-refractivity contribution in [1.82, 2.24) is 10.6 Å². The Hall–Kier alpha value is -1.39. The van der Waals surface area contributed by atoms with Crippen molar-refractivity contribution in [3.8, 4) is 0 Å². The van der Waals surface area contributed by atoms with E-state index in [1.54, 1.807) is 7.11 Å². The van der Waals surface area contributed by atoms with Gasteiger partial charge in [-0.2, -0.15) is 0 Å². The molecule has 1 aliphatic rings. The van der Waals surface area contributed by atoms with E-state index in [4.69, 9.17) is 4.74 Å². The largest absolute Gasteiger partial charge is 0.383 e. The summed E-state index contributed by atoms with van der Waals surface area (Å²) in [6.45, 7) is 3.02. The fourth-order valence-electron chi connectivity index (χ4n) is 2.54. The molecule has 104 valence electrons. The van der Waals surface area contributed by atoms with Crippen LogP contribution in [0.25, 0.3) is 0 Å². The Morgan fingerprint density at radius 3 is 2.58 bits per heavy atom. The normalized spacial score (nSPS) is 16.1. The number of ether oxygens (including phenoxy) is 1. The number of hydrogen-bond acceptors (Lipinski definition) is 3. The molecular weight excluding hydrogens is 240 g/mol. The summed E-state index contributed by atoms with van der Waals surface area (Å²) in [5.41, 5.74) is 2.79. The Morgan fingerprint density at radius 1 is 1.37 bits per heavy atom. The molecule has 0 aliphatic heterocycles. The van der Waals surface area contributed by atoms with Crippen molar-refractivity contribution >= 4 is 5.91 Å². The first kappa shape index (κ1) is 14.0. The molecule has 0 bridgehead atoms. The maximum atomic E-state index is 11.8. The zero-order valence-corrected chi connectivity index (χ0v) is 11.6. The molecule has 4 nitrogen and oxygen atoms in total. The van der Waals surface area contributed by atoms with Crippen LogP contribution in [-0.2, 0) is 22.4 Å².